The molecule has 36 heavy (non-hydrogen) atoms. The molecule has 2 aliphatic rings. The topological polar surface area (TPSA) is 94.5 Å². The average molecular weight is 490 g/mol. The van der Waals surface area contributed by atoms with Crippen LogP contribution < -0.4 is 0 Å². The highest BCUT2D eigenvalue weighted by molar-refractivity contribution is 5.96. The number of hydrogen-bond donors (Lipinski definition) is 2. The van der Waals surface area contributed by atoms with E-state index in [2.05, 4.69) is 29.2 Å². The van der Waals surface area contributed by atoms with Crippen LogP contribution in [0.4, 0.5) is 0 Å². The van der Waals surface area contributed by atoms with E-state index in [1.54, 1.807) is 4.90 Å². The van der Waals surface area contributed by atoms with Crippen molar-refractivity contribution in [3.8, 4) is 0 Å². The Kier molecular flexibility index (Phi) is 6.96. The van der Waals surface area contributed by atoms with Crippen molar-refractivity contribution in [2.75, 3.05) is 19.6 Å². The van der Waals surface area contributed by atoms with Gasteiger partial charge in [0.2, 0.25) is 0 Å². The van der Waals surface area contributed by atoms with Crippen LogP contribution >= 0.6 is 0 Å². The lowest BCUT2D eigenvalue weighted by Gasteiger charge is -2.30. The molecule has 0 unspecified atom stereocenters. The molecule has 2 amide bonds. The van der Waals surface area contributed by atoms with Crippen molar-refractivity contribution in [1.82, 2.24) is 24.6 Å². The van der Waals surface area contributed by atoms with Crippen LogP contribution in [0.5, 0.6) is 0 Å². The standard InChI is InChI=1S/C28H35N5O3/c1-19-17-20(2)29-25(19)27(35)32-16-12-24-23(18-32)26(28(36)31-14-10-22(34)11-15-31)30-33(24)13-6-9-21-7-4-3-5-8-21/h3-5,7-8,17,22,29,34H,6,9-16,18H2,1-2H3. The monoisotopic (exact) mass is 489 g/mol. The van der Waals surface area contributed by atoms with E-state index in [-0.39, 0.29) is 17.9 Å². The Balaban J connectivity index is 1.39. The first kappa shape index (κ1) is 24.3. The van der Waals surface area contributed by atoms with Crippen LogP contribution in [0.25, 0.3) is 0 Å². The van der Waals surface area contributed by atoms with Gasteiger partial charge < -0.3 is 19.9 Å². The lowest BCUT2D eigenvalue weighted by molar-refractivity contribution is 0.0536. The molecule has 2 aliphatic heterocycles. The molecular formula is C28H35N5O3. The fourth-order valence-electron chi connectivity index (χ4n) is 5.43. The molecule has 4 heterocycles. The van der Waals surface area contributed by atoms with E-state index >= 15 is 0 Å². The Hall–Kier alpha value is -3.39. The number of nitrogens with zero attached hydrogens (tertiary/aromatic N) is 4. The maximum absolute atomic E-state index is 13.5. The van der Waals surface area contributed by atoms with Gasteiger partial charge in [0.25, 0.3) is 11.8 Å². The minimum atomic E-state index is -0.348. The fourth-order valence-corrected chi connectivity index (χ4v) is 5.43. The second-order valence-corrected chi connectivity index (χ2v) is 10.1. The van der Waals surface area contributed by atoms with Crippen LogP contribution in [0.3, 0.4) is 0 Å². The highest BCUT2D eigenvalue weighted by Gasteiger charge is 2.33. The summed E-state index contributed by atoms with van der Waals surface area (Å²) in [7, 11) is 0. The van der Waals surface area contributed by atoms with Crippen LogP contribution in [0.1, 0.15) is 68.3 Å². The lowest BCUT2D eigenvalue weighted by atomic mass is 10.0. The van der Waals surface area contributed by atoms with Gasteiger partial charge in [-0.1, -0.05) is 30.3 Å². The number of aromatic nitrogens is 3. The Bertz CT molecular complexity index is 1240. The third-order valence-corrected chi connectivity index (χ3v) is 7.42. The van der Waals surface area contributed by atoms with E-state index in [1.807, 2.05) is 35.6 Å². The SMILES string of the molecule is Cc1cc(C)c(C(=O)N2CCc3c(c(C(=O)N4CCC(O)CC4)nn3CCCc3ccccc3)C2)[nH]1. The number of rotatable bonds is 6. The summed E-state index contributed by atoms with van der Waals surface area (Å²) < 4.78 is 2.00. The molecule has 1 aromatic carbocycles. The predicted molar refractivity (Wildman–Crippen MR) is 137 cm³/mol. The van der Waals surface area contributed by atoms with Gasteiger partial charge >= 0.3 is 0 Å². The van der Waals surface area contributed by atoms with Crippen LogP contribution in [-0.2, 0) is 25.9 Å². The molecule has 0 saturated carbocycles. The van der Waals surface area contributed by atoms with Gasteiger partial charge in [-0.15, -0.1) is 0 Å². The maximum Gasteiger partial charge on any atom is 0.274 e. The van der Waals surface area contributed by atoms with E-state index in [9.17, 15) is 14.7 Å². The maximum atomic E-state index is 13.5. The predicted octanol–water partition coefficient (Wildman–Crippen LogP) is 3.26. The molecule has 8 heteroatoms. The van der Waals surface area contributed by atoms with Crippen LogP contribution in [-0.4, -0.2) is 67.2 Å². The number of aliphatic hydroxyl groups is 1. The fraction of sp³-hybridized carbons (Fsp3) is 0.464. The molecule has 190 valence electrons. The molecule has 0 aliphatic carbocycles. The van der Waals surface area contributed by atoms with E-state index in [0.717, 1.165) is 41.9 Å². The zero-order valence-corrected chi connectivity index (χ0v) is 21.2. The van der Waals surface area contributed by atoms with Gasteiger partial charge in [-0.05, 0) is 56.7 Å². The number of hydrogen-bond acceptors (Lipinski definition) is 4. The number of amides is 2. The number of benzene rings is 1. The number of aromatic amines is 1. The normalized spacial score (nSPS) is 16.3. The summed E-state index contributed by atoms with van der Waals surface area (Å²) in [6.45, 7) is 6.64. The zero-order chi connectivity index (χ0) is 25.2. The molecule has 1 saturated heterocycles. The van der Waals surface area contributed by atoms with Gasteiger partial charge in [0.1, 0.15) is 5.69 Å². The van der Waals surface area contributed by atoms with Crippen LogP contribution in [0.2, 0.25) is 0 Å². The van der Waals surface area contributed by atoms with Crippen molar-refractivity contribution in [2.24, 2.45) is 0 Å². The third-order valence-electron chi connectivity index (χ3n) is 7.42. The number of H-pyrrole nitrogens is 1. The Morgan fingerprint density at radius 3 is 2.50 bits per heavy atom. The summed E-state index contributed by atoms with van der Waals surface area (Å²) in [6, 6.07) is 12.4. The van der Waals surface area contributed by atoms with Crippen LogP contribution in [0.15, 0.2) is 36.4 Å². The van der Waals surface area contributed by atoms with Crippen molar-refractivity contribution in [3.63, 3.8) is 0 Å². The molecule has 0 bridgehead atoms. The Labute approximate surface area is 211 Å². The van der Waals surface area contributed by atoms with Gasteiger partial charge in [0.15, 0.2) is 5.69 Å². The number of nitrogens with one attached hydrogen (secondary N) is 1. The quantitative estimate of drug-likeness (QED) is 0.556. The first-order valence-electron chi connectivity index (χ1n) is 13.0. The molecule has 8 nitrogen and oxygen atoms in total. The minimum Gasteiger partial charge on any atom is -0.393 e. The van der Waals surface area contributed by atoms with Gasteiger partial charge in [0, 0.05) is 49.6 Å². The Morgan fingerprint density at radius 2 is 1.81 bits per heavy atom. The first-order chi connectivity index (χ1) is 17.4. The third kappa shape index (κ3) is 4.95. The summed E-state index contributed by atoms with van der Waals surface area (Å²) in [4.78, 5) is 33.7. The van der Waals surface area contributed by atoms with Gasteiger partial charge in [-0.3, -0.25) is 14.3 Å². The van der Waals surface area contributed by atoms with Gasteiger partial charge in [-0.25, -0.2) is 0 Å². The Morgan fingerprint density at radius 1 is 1.06 bits per heavy atom. The number of piperidine rings is 1. The molecule has 2 aromatic heterocycles. The van der Waals surface area contributed by atoms with Crippen molar-refractivity contribution in [1.29, 1.82) is 0 Å². The van der Waals surface area contributed by atoms with Crippen molar-refractivity contribution < 1.29 is 14.7 Å². The van der Waals surface area contributed by atoms with E-state index < -0.39 is 0 Å². The zero-order valence-electron chi connectivity index (χ0n) is 21.2. The van der Waals surface area contributed by atoms with Crippen molar-refractivity contribution in [3.05, 3.63) is 75.9 Å². The molecule has 3 aromatic rings. The van der Waals surface area contributed by atoms with E-state index in [1.165, 1.54) is 5.56 Å². The van der Waals surface area contributed by atoms with Crippen LogP contribution in [0, 0.1) is 13.8 Å². The molecular weight excluding hydrogens is 454 g/mol. The molecule has 0 radical (unpaired) electrons. The number of fused-ring (bicyclic) bond motifs is 1. The number of aryl methyl sites for hydroxylation is 4. The van der Waals surface area contributed by atoms with E-state index in [4.69, 9.17) is 5.10 Å². The number of carbonyl (C=O) groups is 2. The van der Waals surface area contributed by atoms with E-state index in [0.29, 0.717) is 56.8 Å². The first-order valence-corrected chi connectivity index (χ1v) is 13.0. The van der Waals surface area contributed by atoms with Gasteiger partial charge in [-0.2, -0.15) is 5.10 Å². The minimum absolute atomic E-state index is 0.0393. The number of carbonyl (C=O) groups excluding carboxylic acids is 2. The molecule has 2 N–H and O–H groups in total. The highest BCUT2D eigenvalue weighted by atomic mass is 16.3. The smallest absolute Gasteiger partial charge is 0.274 e. The lowest BCUT2D eigenvalue weighted by Crippen LogP contribution is -2.41. The van der Waals surface area contributed by atoms with Crippen molar-refractivity contribution >= 4 is 11.8 Å². The summed E-state index contributed by atoms with van der Waals surface area (Å²) in [5.41, 5.74) is 6.18. The second kappa shape index (κ2) is 10.3. The number of aliphatic hydroxyl groups excluding tert-OH is 1. The second-order valence-electron chi connectivity index (χ2n) is 10.1. The average Bonchev–Trinajstić information content (AvgIpc) is 3.42. The molecule has 5 rings (SSSR count). The molecule has 1 fully saturated rings. The summed E-state index contributed by atoms with van der Waals surface area (Å²) in [6.07, 6.45) is 3.36. The van der Waals surface area contributed by atoms with Crippen molar-refractivity contribution in [2.45, 2.75) is 65.1 Å². The highest BCUT2D eigenvalue weighted by Crippen LogP contribution is 2.27. The van der Waals surface area contributed by atoms with Gasteiger partial charge in [0.05, 0.1) is 12.6 Å². The summed E-state index contributed by atoms with van der Waals surface area (Å²) in [5, 5.41) is 14.7. The summed E-state index contributed by atoms with van der Waals surface area (Å²) >= 11 is 0. The molecule has 0 spiro atoms. The largest absolute Gasteiger partial charge is 0.393 e. The summed E-state index contributed by atoms with van der Waals surface area (Å²) in [5.74, 6) is -0.135. The number of likely N-dealkylation sites (tertiary alicyclic amines) is 1. The molecule has 0 atom stereocenters.